The SMILES string of the molecule is CCCCCCCCCCCCCCCCCC(=O)OC(=O)[C@@H](N)CCC(=O)[O-].CCCCCCCCCCCCCCCCCC(=O)OC(=O)[C@@H](N)CCC(=O)[O-].[Na+].[Na+]. The first-order chi connectivity index (χ1) is 27.9. The summed E-state index contributed by atoms with van der Waals surface area (Å²) in [6.07, 6.45) is 37.0. The maximum absolute atomic E-state index is 11.6. The number of unbranched alkanes of at least 4 members (excludes halogenated alkanes) is 28. The third kappa shape index (κ3) is 51.5. The molecule has 0 aromatic carbocycles. The molecule has 0 heterocycles. The van der Waals surface area contributed by atoms with E-state index in [1.165, 1.54) is 154 Å². The van der Waals surface area contributed by atoms with Gasteiger partial charge in [-0.3, -0.25) is 9.59 Å². The molecule has 0 rings (SSSR count). The van der Waals surface area contributed by atoms with Crippen molar-refractivity contribution < 1.29 is 108 Å². The van der Waals surface area contributed by atoms with Crippen LogP contribution in [0.3, 0.4) is 0 Å². The molecule has 0 amide bonds. The smallest absolute Gasteiger partial charge is 0.550 e. The number of carboxylic acids is 2. The molecule has 60 heavy (non-hydrogen) atoms. The van der Waals surface area contributed by atoms with Crippen LogP contribution >= 0.6 is 0 Å². The summed E-state index contributed by atoms with van der Waals surface area (Å²) in [5.41, 5.74) is 11.0. The van der Waals surface area contributed by atoms with Crippen molar-refractivity contribution in [3.63, 3.8) is 0 Å². The molecule has 0 aromatic heterocycles. The molecule has 2 atom stereocenters. The Kier molecular flexibility index (Phi) is 55.6. The predicted octanol–water partition coefficient (Wildman–Crippen LogP) is 2.36. The first-order valence-electron chi connectivity index (χ1n) is 23.3. The van der Waals surface area contributed by atoms with Gasteiger partial charge in [0.1, 0.15) is 12.1 Å². The normalized spacial score (nSPS) is 11.5. The third-order valence-electron chi connectivity index (χ3n) is 10.3. The Bertz CT molecular complexity index is 971. The number of esters is 4. The average molecular weight is 871 g/mol. The fourth-order valence-electron chi connectivity index (χ4n) is 6.54. The van der Waals surface area contributed by atoms with E-state index in [1.54, 1.807) is 0 Å². The summed E-state index contributed by atoms with van der Waals surface area (Å²) >= 11 is 0. The van der Waals surface area contributed by atoms with Gasteiger partial charge >= 0.3 is 83.0 Å². The largest absolute Gasteiger partial charge is 1.00 e. The van der Waals surface area contributed by atoms with E-state index in [4.69, 9.17) is 11.5 Å². The minimum absolute atomic E-state index is 0. The molecule has 340 valence electrons. The second-order valence-electron chi connectivity index (χ2n) is 16.0. The van der Waals surface area contributed by atoms with E-state index in [9.17, 15) is 39.0 Å². The number of carbonyl (C=O) groups is 6. The number of rotatable bonds is 40. The molecule has 0 saturated carbocycles. The van der Waals surface area contributed by atoms with Crippen molar-refractivity contribution in [2.24, 2.45) is 11.5 Å². The Labute approximate surface area is 408 Å². The zero-order chi connectivity index (χ0) is 43.5. The van der Waals surface area contributed by atoms with Crippen LogP contribution in [0.5, 0.6) is 0 Å². The van der Waals surface area contributed by atoms with Crippen LogP contribution in [-0.4, -0.2) is 47.9 Å². The van der Waals surface area contributed by atoms with Gasteiger partial charge in [-0.25, -0.2) is 9.59 Å². The molecule has 0 fully saturated rings. The quantitative estimate of drug-likeness (QED) is 0.0393. The summed E-state index contributed by atoms with van der Waals surface area (Å²) in [7, 11) is 0. The second-order valence-corrected chi connectivity index (χ2v) is 16.0. The van der Waals surface area contributed by atoms with Crippen LogP contribution in [0.4, 0.5) is 0 Å². The molecular weight excluding hydrogens is 786 g/mol. The van der Waals surface area contributed by atoms with Gasteiger partial charge in [0.15, 0.2) is 0 Å². The van der Waals surface area contributed by atoms with E-state index < -0.39 is 47.9 Å². The topological polar surface area (TPSA) is 219 Å². The monoisotopic (exact) mass is 871 g/mol. The summed E-state index contributed by atoms with van der Waals surface area (Å²) in [5, 5.41) is 20.7. The fourth-order valence-corrected chi connectivity index (χ4v) is 6.54. The van der Waals surface area contributed by atoms with Crippen molar-refractivity contribution >= 4 is 35.8 Å². The van der Waals surface area contributed by atoms with Crippen molar-refractivity contribution in [3.05, 3.63) is 0 Å². The zero-order valence-corrected chi connectivity index (χ0v) is 42.8. The van der Waals surface area contributed by atoms with Gasteiger partial charge in [-0.1, -0.05) is 194 Å². The maximum Gasteiger partial charge on any atom is 1.00 e. The number of ether oxygens (including phenoxy) is 2. The van der Waals surface area contributed by atoms with Crippen LogP contribution in [0.1, 0.15) is 245 Å². The summed E-state index contributed by atoms with van der Waals surface area (Å²) in [6, 6.07) is -2.20. The number of carbonyl (C=O) groups excluding carboxylic acids is 6. The molecule has 0 aliphatic heterocycles. The van der Waals surface area contributed by atoms with E-state index in [0.717, 1.165) is 25.7 Å². The number of nitrogens with two attached hydrogens (primary N) is 2. The molecule has 0 aliphatic rings. The Morgan fingerprint density at radius 3 is 0.767 bits per heavy atom. The molecule has 14 heteroatoms. The zero-order valence-electron chi connectivity index (χ0n) is 38.8. The van der Waals surface area contributed by atoms with Gasteiger partial charge in [0, 0.05) is 24.8 Å². The Morgan fingerprint density at radius 2 is 0.567 bits per heavy atom. The van der Waals surface area contributed by atoms with E-state index in [-0.39, 0.29) is 97.6 Å². The van der Waals surface area contributed by atoms with Crippen LogP contribution in [0.2, 0.25) is 0 Å². The predicted molar refractivity (Wildman–Crippen MR) is 226 cm³/mol. The minimum Gasteiger partial charge on any atom is -0.550 e. The van der Waals surface area contributed by atoms with E-state index in [1.807, 2.05) is 0 Å². The Balaban J connectivity index is -0.000000506. The van der Waals surface area contributed by atoms with E-state index in [2.05, 4.69) is 23.3 Å². The second kappa shape index (κ2) is 50.8. The number of carboxylic acid groups (broad SMARTS) is 2. The summed E-state index contributed by atoms with van der Waals surface area (Å²) < 4.78 is 9.29. The van der Waals surface area contributed by atoms with E-state index >= 15 is 0 Å². The van der Waals surface area contributed by atoms with Gasteiger partial charge in [0.05, 0.1) is 0 Å². The molecule has 0 bridgehead atoms. The maximum atomic E-state index is 11.6. The van der Waals surface area contributed by atoms with Crippen LogP contribution < -0.4 is 80.8 Å². The molecule has 0 radical (unpaired) electrons. The number of hydrogen-bond donors (Lipinski definition) is 2. The molecular formula is C46H84N2Na2O10. The minimum atomic E-state index is -1.28. The summed E-state index contributed by atoms with van der Waals surface area (Å²) in [5.74, 6) is -5.47. The van der Waals surface area contributed by atoms with Gasteiger partial charge in [0.25, 0.3) is 0 Å². The molecule has 0 unspecified atom stereocenters. The van der Waals surface area contributed by atoms with Crippen LogP contribution in [0.25, 0.3) is 0 Å². The van der Waals surface area contributed by atoms with Crippen molar-refractivity contribution in [3.8, 4) is 0 Å². The van der Waals surface area contributed by atoms with Gasteiger partial charge < -0.3 is 40.7 Å². The fraction of sp³-hybridized carbons (Fsp3) is 0.870. The van der Waals surface area contributed by atoms with Crippen molar-refractivity contribution in [2.45, 2.75) is 257 Å². The van der Waals surface area contributed by atoms with Gasteiger partial charge in [0.2, 0.25) is 0 Å². The molecule has 0 spiro atoms. The van der Waals surface area contributed by atoms with Crippen LogP contribution in [0.15, 0.2) is 0 Å². The molecule has 0 saturated heterocycles. The summed E-state index contributed by atoms with van der Waals surface area (Å²) in [6.45, 7) is 4.50. The summed E-state index contributed by atoms with van der Waals surface area (Å²) in [4.78, 5) is 67.0. The number of aliphatic carboxylic acids is 2. The van der Waals surface area contributed by atoms with Gasteiger partial charge in [-0.05, 0) is 38.5 Å². The van der Waals surface area contributed by atoms with Crippen LogP contribution in [-0.2, 0) is 38.2 Å². The Morgan fingerprint density at radius 1 is 0.367 bits per heavy atom. The average Bonchev–Trinajstić information content (AvgIpc) is 3.19. The standard InChI is InChI=1S/2C23H43NO5.2Na/c2*1-2-3-4-5-6-7-8-9-10-11-12-13-14-15-16-17-22(27)29-23(28)20(24)18-19-21(25)26;;/h2*20H,2-19,24H2,1H3,(H,25,26);;/q;;2*+1/p-2/t2*20-;;/m00../s1. The first kappa shape index (κ1) is 65.8. The molecule has 0 aromatic rings. The third-order valence-corrected chi connectivity index (χ3v) is 10.3. The van der Waals surface area contributed by atoms with Crippen LogP contribution in [0, 0.1) is 0 Å². The Hall–Kier alpha value is -0.860. The molecule has 0 aliphatic carbocycles. The van der Waals surface area contributed by atoms with E-state index in [0.29, 0.717) is 12.8 Å². The molecule has 4 N–H and O–H groups in total. The first-order valence-corrected chi connectivity index (χ1v) is 23.3. The van der Waals surface area contributed by atoms with Gasteiger partial charge in [-0.15, -0.1) is 0 Å². The number of hydrogen-bond acceptors (Lipinski definition) is 12. The van der Waals surface area contributed by atoms with Crippen molar-refractivity contribution in [1.29, 1.82) is 0 Å². The van der Waals surface area contributed by atoms with Gasteiger partial charge in [-0.2, -0.15) is 0 Å². The van der Waals surface area contributed by atoms with Crippen molar-refractivity contribution in [1.82, 2.24) is 0 Å². The molecule has 12 nitrogen and oxygen atoms in total. The van der Waals surface area contributed by atoms with Crippen molar-refractivity contribution in [2.75, 3.05) is 0 Å².